The smallest absolute Gasteiger partial charge is 0.246 e. The first kappa shape index (κ1) is 82.9. The van der Waals surface area contributed by atoms with E-state index < -0.39 is 138 Å². The summed E-state index contributed by atoms with van der Waals surface area (Å²) in [5.74, 6) is -8.50. The number of nitrogens with zero attached hydrogens (tertiary/aromatic N) is 7. The Balaban J connectivity index is 7.22. The summed E-state index contributed by atoms with van der Waals surface area (Å²) in [6.07, 6.45) is 3.99. The maximum Gasteiger partial charge on any atom is 0.246 e. The molecule has 0 aliphatic carbocycles. The number of carbonyl (C=O) groups is 11. The van der Waals surface area contributed by atoms with Crippen LogP contribution in [0.2, 0.25) is 0 Å². The number of aliphatic hydroxyl groups excluding tert-OH is 1. The molecular formula is C66H121N11O12. The van der Waals surface area contributed by atoms with Gasteiger partial charge in [0.25, 0.3) is 0 Å². The molecule has 0 aromatic heterocycles. The van der Waals surface area contributed by atoms with Crippen LogP contribution in [-0.2, 0) is 52.7 Å². The average Bonchev–Trinajstić information content (AvgIpc) is 0.980. The molecule has 0 spiro atoms. The molecule has 0 saturated heterocycles. The monoisotopic (exact) mass is 1260 g/mol. The Kier molecular flexibility index (Phi) is 35.9. The summed E-state index contributed by atoms with van der Waals surface area (Å²) in [4.78, 5) is 165. The van der Waals surface area contributed by atoms with Crippen molar-refractivity contribution in [3.05, 3.63) is 12.2 Å². The molecule has 0 heterocycles. The quantitative estimate of drug-likeness (QED) is 0.0515. The number of aliphatic hydroxyl groups is 1. The number of rotatable bonds is 38. The highest BCUT2D eigenvalue weighted by Crippen LogP contribution is 2.26. The minimum Gasteiger partial charge on any atom is -0.390 e. The van der Waals surface area contributed by atoms with E-state index in [9.17, 15) is 43.5 Å². The maximum absolute atomic E-state index is 15.2. The van der Waals surface area contributed by atoms with Crippen LogP contribution < -0.4 is 21.7 Å². The molecule has 89 heavy (non-hydrogen) atoms. The Morgan fingerprint density at radius 1 is 0.438 bits per heavy atom. The van der Waals surface area contributed by atoms with Crippen LogP contribution in [-0.4, -0.2) is 221 Å². The van der Waals surface area contributed by atoms with Gasteiger partial charge in [-0.15, -0.1) is 0 Å². The fourth-order valence-corrected chi connectivity index (χ4v) is 11.5. The van der Waals surface area contributed by atoms with Crippen LogP contribution in [0.25, 0.3) is 0 Å². The number of likely N-dealkylation sites (N-methyl/N-ethyl adjacent to an activating group) is 7. The largest absolute Gasteiger partial charge is 0.390 e. The van der Waals surface area contributed by atoms with Crippen molar-refractivity contribution in [2.24, 2.45) is 59.0 Å². The maximum atomic E-state index is 15.2. The molecule has 0 bridgehead atoms. The summed E-state index contributed by atoms with van der Waals surface area (Å²) in [5.41, 5.74) is 5.59. The number of primary amides is 1. The summed E-state index contributed by atoms with van der Waals surface area (Å²) >= 11 is 0. The van der Waals surface area contributed by atoms with E-state index in [1.54, 1.807) is 67.7 Å². The minimum atomic E-state index is -1.60. The number of nitrogens with one attached hydrogen (secondary N) is 3. The van der Waals surface area contributed by atoms with Gasteiger partial charge >= 0.3 is 0 Å². The van der Waals surface area contributed by atoms with E-state index in [-0.39, 0.29) is 73.0 Å². The molecule has 0 aromatic rings. The van der Waals surface area contributed by atoms with E-state index >= 15 is 14.4 Å². The summed E-state index contributed by atoms with van der Waals surface area (Å²) in [6.45, 7) is 34.2. The number of hydrogen-bond donors (Lipinski definition) is 5. The van der Waals surface area contributed by atoms with Crippen molar-refractivity contribution in [3.63, 3.8) is 0 Å². The van der Waals surface area contributed by atoms with Crippen molar-refractivity contribution in [2.45, 2.75) is 237 Å². The lowest BCUT2D eigenvalue weighted by Crippen LogP contribution is -2.63. The van der Waals surface area contributed by atoms with Gasteiger partial charge in [0, 0.05) is 55.3 Å². The minimum absolute atomic E-state index is 0.0378. The Labute approximate surface area is 535 Å². The van der Waals surface area contributed by atoms with Crippen LogP contribution in [0, 0.1) is 53.3 Å². The standard InChI is InChI=1S/C66H121N11O12/c1-27-29-30-44(17)56(79)55(60(83)69-47(28-2)63(86)71(20)36-52(78)75(24)53(42(13)14)57(67)80)77(26)66(89)54(43(15)16)76(25)65(88)51(35-41(11)12)74(23)64(87)50(34-40(9)10)73(22)62(85)46(19)68-58(81)48(32-38(5)6)70-59(82)49(33-39(7)8)72(21)61(84)45(18)31-37(3)4/h27,29,37-51,53-56,79H,28,30-36H2,1-26H3,(H2,67,80)(H,68,81)(H,69,83)(H,70,82)/b29-27-/t44-,45-,46+,47+,48?,49+,50-,51-,53-,54+,55?,56+/m1/s1. The zero-order chi connectivity index (χ0) is 69.6. The first-order valence-corrected chi connectivity index (χ1v) is 32.3. The molecule has 11 amide bonds. The van der Waals surface area contributed by atoms with Gasteiger partial charge in [0.05, 0.1) is 12.6 Å². The average molecular weight is 1260 g/mol. The number of nitrogens with two attached hydrogens (primary N) is 1. The summed E-state index contributed by atoms with van der Waals surface area (Å²) in [7, 11) is 10.1. The Morgan fingerprint density at radius 2 is 0.854 bits per heavy atom. The van der Waals surface area contributed by atoms with Gasteiger partial charge in [-0.25, -0.2) is 0 Å². The molecule has 6 N–H and O–H groups in total. The summed E-state index contributed by atoms with van der Waals surface area (Å²) < 4.78 is 0. The first-order chi connectivity index (χ1) is 40.9. The third kappa shape index (κ3) is 25.2. The van der Waals surface area contributed by atoms with Crippen molar-refractivity contribution in [2.75, 3.05) is 55.9 Å². The Hall–Kier alpha value is -6.13. The first-order valence-electron chi connectivity index (χ1n) is 32.3. The molecule has 23 heteroatoms. The van der Waals surface area contributed by atoms with Crippen molar-refractivity contribution in [1.82, 2.24) is 50.2 Å². The van der Waals surface area contributed by atoms with Gasteiger partial charge in [0.2, 0.25) is 65.0 Å². The Bertz CT molecular complexity index is 2380. The van der Waals surface area contributed by atoms with Gasteiger partial charge in [-0.1, -0.05) is 130 Å². The Morgan fingerprint density at radius 3 is 1.28 bits per heavy atom. The third-order valence-corrected chi connectivity index (χ3v) is 16.6. The summed E-state index contributed by atoms with van der Waals surface area (Å²) in [5, 5.41) is 20.4. The molecule has 0 rings (SSSR count). The van der Waals surface area contributed by atoms with Crippen LogP contribution in [0.4, 0.5) is 0 Å². The van der Waals surface area contributed by atoms with E-state index in [1.807, 2.05) is 76.2 Å². The van der Waals surface area contributed by atoms with Gasteiger partial charge in [0.15, 0.2) is 0 Å². The number of carbonyl (C=O) groups excluding carboxylic acids is 11. The van der Waals surface area contributed by atoms with Crippen LogP contribution in [0.3, 0.4) is 0 Å². The second kappa shape index (κ2) is 38.5. The number of hydrogen-bond acceptors (Lipinski definition) is 12. The molecule has 0 radical (unpaired) electrons. The highest BCUT2D eigenvalue weighted by Gasteiger charge is 2.45. The topological polar surface area (TPSA) is 293 Å². The molecule has 23 nitrogen and oxygen atoms in total. The molecular weight excluding hydrogens is 1140 g/mol. The van der Waals surface area contributed by atoms with E-state index in [4.69, 9.17) is 5.73 Å². The van der Waals surface area contributed by atoms with Gasteiger partial charge in [-0.3, -0.25) is 52.7 Å². The molecule has 0 aliphatic heterocycles. The summed E-state index contributed by atoms with van der Waals surface area (Å²) in [6, 6.07) is -10.4. The van der Waals surface area contributed by atoms with Gasteiger partial charge in [-0.2, -0.15) is 0 Å². The van der Waals surface area contributed by atoms with Crippen LogP contribution in [0.5, 0.6) is 0 Å². The second-order valence-electron chi connectivity index (χ2n) is 27.8. The molecule has 0 aliphatic rings. The van der Waals surface area contributed by atoms with Crippen LogP contribution in [0.1, 0.15) is 176 Å². The molecule has 2 unspecified atom stereocenters. The normalized spacial score (nSPS) is 15.9. The van der Waals surface area contributed by atoms with Gasteiger partial charge in [0.1, 0.15) is 54.4 Å². The van der Waals surface area contributed by atoms with Crippen molar-refractivity contribution in [1.29, 1.82) is 0 Å². The second-order valence-corrected chi connectivity index (χ2v) is 27.8. The van der Waals surface area contributed by atoms with Crippen LogP contribution >= 0.6 is 0 Å². The zero-order valence-corrected chi connectivity index (χ0v) is 59.4. The van der Waals surface area contributed by atoms with E-state index in [2.05, 4.69) is 16.0 Å². The molecule has 12 atom stereocenters. The predicted octanol–water partition coefficient (Wildman–Crippen LogP) is 4.92. The van der Waals surface area contributed by atoms with Crippen LogP contribution in [0.15, 0.2) is 12.2 Å². The van der Waals surface area contributed by atoms with E-state index in [0.29, 0.717) is 19.3 Å². The SMILES string of the molecule is C/C=C\C[C@@H](C)[C@H](O)C(C(=O)N[C@@H](CC)C(=O)N(C)CC(=O)N(C)[C@@H](C(N)=O)C(C)C)N(C)C(=O)[C@H](C(C)C)N(C)C(=O)[C@@H](CC(C)C)N(C)C(=O)[C@@H](CC(C)C)N(C)C(=O)[C@H](C)NC(=O)C(CC(C)C)NC(=O)[C@H](CC(C)C)N(C)C(=O)[C@H](C)CC(C)C. The molecule has 0 aromatic carbocycles. The predicted molar refractivity (Wildman–Crippen MR) is 349 cm³/mol. The van der Waals surface area contributed by atoms with Gasteiger partial charge in [-0.05, 0) is 106 Å². The fourth-order valence-electron chi connectivity index (χ4n) is 11.5. The zero-order valence-electron chi connectivity index (χ0n) is 59.4. The van der Waals surface area contributed by atoms with E-state index in [1.165, 1.54) is 73.7 Å². The number of amides is 11. The van der Waals surface area contributed by atoms with E-state index in [0.717, 1.165) is 9.80 Å². The third-order valence-electron chi connectivity index (χ3n) is 16.6. The van der Waals surface area contributed by atoms with Crippen molar-refractivity contribution < 1.29 is 57.8 Å². The highest BCUT2D eigenvalue weighted by molar-refractivity contribution is 5.99. The molecule has 0 saturated carbocycles. The lowest BCUT2D eigenvalue weighted by Gasteiger charge is -2.41. The fraction of sp³-hybridized carbons (Fsp3) is 0.803. The molecule has 0 fully saturated rings. The number of allylic oxidation sites excluding steroid dienone is 2. The van der Waals surface area contributed by atoms with Crippen molar-refractivity contribution in [3.8, 4) is 0 Å². The van der Waals surface area contributed by atoms with Crippen molar-refractivity contribution >= 4 is 65.0 Å². The highest BCUT2D eigenvalue weighted by atomic mass is 16.3. The lowest BCUT2D eigenvalue weighted by atomic mass is 9.91. The lowest BCUT2D eigenvalue weighted by molar-refractivity contribution is -0.157. The van der Waals surface area contributed by atoms with Gasteiger partial charge < -0.3 is 61.1 Å². The molecule has 512 valence electrons.